The lowest BCUT2D eigenvalue weighted by Crippen LogP contribution is -2.49. The minimum absolute atomic E-state index is 0. The molecule has 1 amide bonds. The Balaban J connectivity index is 0.00000361. The van der Waals surface area contributed by atoms with Crippen molar-refractivity contribution in [3.8, 4) is 0 Å². The highest BCUT2D eigenvalue weighted by atomic mass is 35.5. The lowest BCUT2D eigenvalue weighted by molar-refractivity contribution is -0.126. The molecule has 1 aliphatic heterocycles. The van der Waals surface area contributed by atoms with Gasteiger partial charge in [0.15, 0.2) is 0 Å². The quantitative estimate of drug-likeness (QED) is 0.755. The molecule has 1 saturated heterocycles. The van der Waals surface area contributed by atoms with Gasteiger partial charge in [0.1, 0.15) is 0 Å². The Morgan fingerprint density at radius 1 is 1.25 bits per heavy atom. The Hall–Kier alpha value is -0.320. The summed E-state index contributed by atoms with van der Waals surface area (Å²) < 4.78 is 0. The maximum atomic E-state index is 12.0. The van der Waals surface area contributed by atoms with E-state index in [1.165, 1.54) is 12.8 Å². The molecule has 0 aromatic rings. The smallest absolute Gasteiger partial charge is 0.237 e. The Morgan fingerprint density at radius 2 is 1.85 bits per heavy atom. The normalized spacial score (nSPS) is 18.6. The van der Waals surface area contributed by atoms with Gasteiger partial charge in [0, 0.05) is 6.54 Å². The van der Waals surface area contributed by atoms with E-state index in [0.29, 0.717) is 5.92 Å². The SMILES string of the molecule is CCNCC1CCN(C(C)C(=O)NCC(C)C)CC1.Cl. The van der Waals surface area contributed by atoms with Crippen molar-refractivity contribution in [2.45, 2.75) is 46.6 Å². The Kier molecular flexibility index (Phi) is 10.2. The predicted molar refractivity (Wildman–Crippen MR) is 87.4 cm³/mol. The van der Waals surface area contributed by atoms with E-state index in [9.17, 15) is 4.79 Å². The Morgan fingerprint density at radius 3 is 2.35 bits per heavy atom. The van der Waals surface area contributed by atoms with E-state index >= 15 is 0 Å². The van der Waals surface area contributed by atoms with Gasteiger partial charge in [-0.2, -0.15) is 0 Å². The molecule has 1 heterocycles. The van der Waals surface area contributed by atoms with E-state index in [1.807, 2.05) is 6.92 Å². The standard InChI is InChI=1S/C15H31N3O.ClH/c1-5-16-11-14-6-8-18(9-7-14)13(4)15(19)17-10-12(2)3;/h12-14,16H,5-11H2,1-4H3,(H,17,19);1H. The number of carbonyl (C=O) groups excluding carboxylic acids is 1. The Bertz CT molecular complexity index is 266. The van der Waals surface area contributed by atoms with E-state index in [-0.39, 0.29) is 24.4 Å². The monoisotopic (exact) mass is 305 g/mol. The fourth-order valence-corrected chi connectivity index (χ4v) is 2.51. The molecule has 0 bridgehead atoms. The first-order valence-corrected chi connectivity index (χ1v) is 7.77. The molecule has 0 aliphatic carbocycles. The maximum absolute atomic E-state index is 12.0. The van der Waals surface area contributed by atoms with Crippen LogP contribution in [-0.2, 0) is 4.79 Å². The summed E-state index contributed by atoms with van der Waals surface area (Å²) in [7, 11) is 0. The third-order valence-electron chi connectivity index (χ3n) is 3.94. The first-order chi connectivity index (χ1) is 9.04. The highest BCUT2D eigenvalue weighted by Gasteiger charge is 2.26. The number of halogens is 1. The number of hydrogen-bond acceptors (Lipinski definition) is 3. The molecule has 0 aromatic heterocycles. The lowest BCUT2D eigenvalue weighted by atomic mass is 9.95. The fourth-order valence-electron chi connectivity index (χ4n) is 2.51. The number of nitrogens with one attached hydrogen (secondary N) is 2. The molecule has 1 rings (SSSR count). The van der Waals surface area contributed by atoms with Gasteiger partial charge in [-0.3, -0.25) is 9.69 Å². The number of carbonyl (C=O) groups is 1. The molecule has 4 nitrogen and oxygen atoms in total. The van der Waals surface area contributed by atoms with Crippen LogP contribution in [0.2, 0.25) is 0 Å². The third kappa shape index (κ3) is 6.91. The van der Waals surface area contributed by atoms with Crippen molar-refractivity contribution in [3.63, 3.8) is 0 Å². The predicted octanol–water partition coefficient (Wildman–Crippen LogP) is 1.89. The van der Waals surface area contributed by atoms with Crippen LogP contribution in [0.4, 0.5) is 0 Å². The summed E-state index contributed by atoms with van der Waals surface area (Å²) in [6, 6.07) is 0.0128. The largest absolute Gasteiger partial charge is 0.354 e. The van der Waals surface area contributed by atoms with Crippen LogP contribution in [0.5, 0.6) is 0 Å². The molecule has 20 heavy (non-hydrogen) atoms. The minimum Gasteiger partial charge on any atom is -0.354 e. The molecule has 0 aromatic carbocycles. The molecule has 5 heteroatoms. The second-order valence-corrected chi connectivity index (χ2v) is 6.10. The highest BCUT2D eigenvalue weighted by Crippen LogP contribution is 2.18. The number of likely N-dealkylation sites (tertiary alicyclic amines) is 1. The van der Waals surface area contributed by atoms with Crippen LogP contribution in [0, 0.1) is 11.8 Å². The van der Waals surface area contributed by atoms with Crippen LogP contribution in [-0.4, -0.2) is 49.6 Å². The molecule has 0 radical (unpaired) electrons. The van der Waals surface area contributed by atoms with Gasteiger partial charge in [0.2, 0.25) is 5.91 Å². The molecule has 1 unspecified atom stereocenters. The summed E-state index contributed by atoms with van der Waals surface area (Å²) in [5.41, 5.74) is 0. The van der Waals surface area contributed by atoms with Crippen molar-refractivity contribution in [2.24, 2.45) is 11.8 Å². The molecule has 1 atom stereocenters. The first kappa shape index (κ1) is 19.7. The van der Waals surface area contributed by atoms with Crippen LogP contribution in [0.1, 0.15) is 40.5 Å². The van der Waals surface area contributed by atoms with Crippen molar-refractivity contribution in [1.29, 1.82) is 0 Å². The molecular formula is C15H32ClN3O. The topological polar surface area (TPSA) is 44.4 Å². The molecular weight excluding hydrogens is 274 g/mol. The van der Waals surface area contributed by atoms with Gasteiger partial charge >= 0.3 is 0 Å². The van der Waals surface area contributed by atoms with Crippen molar-refractivity contribution >= 4 is 18.3 Å². The van der Waals surface area contributed by atoms with Crippen molar-refractivity contribution in [1.82, 2.24) is 15.5 Å². The van der Waals surface area contributed by atoms with Gasteiger partial charge in [-0.25, -0.2) is 0 Å². The molecule has 2 N–H and O–H groups in total. The second kappa shape index (κ2) is 10.4. The third-order valence-corrected chi connectivity index (χ3v) is 3.94. The summed E-state index contributed by atoms with van der Waals surface area (Å²) >= 11 is 0. The van der Waals surface area contributed by atoms with Crippen molar-refractivity contribution in [2.75, 3.05) is 32.7 Å². The van der Waals surface area contributed by atoms with Crippen molar-refractivity contribution < 1.29 is 4.79 Å². The molecule has 0 spiro atoms. The van der Waals surface area contributed by atoms with Gasteiger partial charge < -0.3 is 10.6 Å². The average Bonchev–Trinajstić information content (AvgIpc) is 2.42. The number of piperidine rings is 1. The minimum atomic E-state index is 0. The number of amides is 1. The molecule has 120 valence electrons. The van der Waals surface area contributed by atoms with Crippen LogP contribution >= 0.6 is 12.4 Å². The average molecular weight is 306 g/mol. The van der Waals surface area contributed by atoms with E-state index < -0.39 is 0 Å². The van der Waals surface area contributed by atoms with Gasteiger partial charge in [0.25, 0.3) is 0 Å². The highest BCUT2D eigenvalue weighted by molar-refractivity contribution is 5.85. The van der Waals surface area contributed by atoms with Gasteiger partial charge in [-0.15, -0.1) is 12.4 Å². The van der Waals surface area contributed by atoms with Crippen LogP contribution in [0.3, 0.4) is 0 Å². The zero-order valence-corrected chi connectivity index (χ0v) is 14.3. The summed E-state index contributed by atoms with van der Waals surface area (Å²) in [5, 5.41) is 6.45. The summed E-state index contributed by atoms with van der Waals surface area (Å²) in [4.78, 5) is 14.4. The van der Waals surface area contributed by atoms with Gasteiger partial charge in [-0.05, 0) is 57.8 Å². The van der Waals surface area contributed by atoms with E-state index in [4.69, 9.17) is 0 Å². The summed E-state index contributed by atoms with van der Waals surface area (Å²) in [5.74, 6) is 1.47. The fraction of sp³-hybridized carbons (Fsp3) is 0.933. The summed E-state index contributed by atoms with van der Waals surface area (Å²) in [6.45, 7) is 13.5. The molecule has 1 aliphatic rings. The molecule has 1 fully saturated rings. The zero-order chi connectivity index (χ0) is 14.3. The second-order valence-electron chi connectivity index (χ2n) is 6.10. The van der Waals surface area contributed by atoms with Gasteiger partial charge in [-0.1, -0.05) is 20.8 Å². The lowest BCUT2D eigenvalue weighted by Gasteiger charge is -2.35. The van der Waals surface area contributed by atoms with E-state index in [0.717, 1.165) is 38.6 Å². The number of hydrogen-bond donors (Lipinski definition) is 2. The van der Waals surface area contributed by atoms with E-state index in [1.54, 1.807) is 0 Å². The van der Waals surface area contributed by atoms with Crippen molar-refractivity contribution in [3.05, 3.63) is 0 Å². The Labute approximate surface area is 130 Å². The van der Waals surface area contributed by atoms with E-state index in [2.05, 4.69) is 36.3 Å². The maximum Gasteiger partial charge on any atom is 0.237 e. The van der Waals surface area contributed by atoms with Gasteiger partial charge in [0.05, 0.1) is 6.04 Å². The summed E-state index contributed by atoms with van der Waals surface area (Å²) in [6.07, 6.45) is 2.41. The van der Waals surface area contributed by atoms with Crippen LogP contribution < -0.4 is 10.6 Å². The van der Waals surface area contributed by atoms with Crippen LogP contribution in [0.25, 0.3) is 0 Å². The molecule has 0 saturated carbocycles. The zero-order valence-electron chi connectivity index (χ0n) is 13.4. The van der Waals surface area contributed by atoms with Crippen LogP contribution in [0.15, 0.2) is 0 Å². The first-order valence-electron chi connectivity index (χ1n) is 7.77. The number of nitrogens with zero attached hydrogens (tertiary/aromatic N) is 1. The number of rotatable bonds is 7.